The molecule has 0 saturated heterocycles. The molecule has 0 heterocycles. The molecule has 0 aromatic rings. The molecule has 0 spiro atoms. The largest absolute Gasteiger partial charge is 0.103 e. The molecule has 22 heavy (non-hydrogen) atoms. The summed E-state index contributed by atoms with van der Waals surface area (Å²) in [5.41, 5.74) is 4.99. The van der Waals surface area contributed by atoms with Crippen LogP contribution in [0.2, 0.25) is 0 Å². The second kappa shape index (κ2) is 12.6. The summed E-state index contributed by atoms with van der Waals surface area (Å²) in [6, 6.07) is 0. The highest BCUT2D eigenvalue weighted by atomic mass is 14.1. The van der Waals surface area contributed by atoms with Gasteiger partial charge in [-0.25, -0.2) is 0 Å². The summed E-state index contributed by atoms with van der Waals surface area (Å²) < 4.78 is 0. The molecule has 0 bridgehead atoms. The highest BCUT2D eigenvalue weighted by Crippen LogP contribution is 2.29. The average Bonchev–Trinajstić information content (AvgIpc) is 2.53. The van der Waals surface area contributed by atoms with Crippen LogP contribution in [0.15, 0.2) is 97.2 Å². The van der Waals surface area contributed by atoms with Crippen LogP contribution in [0.1, 0.15) is 39.5 Å². The Labute approximate surface area is 137 Å². The summed E-state index contributed by atoms with van der Waals surface area (Å²) in [5.74, 6) is 0. The fourth-order valence-corrected chi connectivity index (χ4v) is 2.40. The zero-order valence-electron chi connectivity index (χ0n) is 14.3. The molecule has 0 aliphatic rings. The van der Waals surface area contributed by atoms with Crippen LogP contribution in [-0.2, 0) is 0 Å². The number of hydrogen-bond donors (Lipinski definition) is 0. The third-order valence-electron chi connectivity index (χ3n) is 3.40. The van der Waals surface area contributed by atoms with Crippen LogP contribution in [0.5, 0.6) is 0 Å². The van der Waals surface area contributed by atoms with Gasteiger partial charge in [0, 0.05) is 0 Å². The third-order valence-corrected chi connectivity index (χ3v) is 3.40. The predicted octanol–water partition coefficient (Wildman–Crippen LogP) is 7.04. The predicted molar refractivity (Wildman–Crippen MR) is 103 cm³/mol. The molecule has 0 nitrogen and oxygen atoms in total. The fraction of sp³-hybridized carbons (Fsp3) is 0.273. The van der Waals surface area contributed by atoms with Crippen molar-refractivity contribution >= 4 is 0 Å². The minimum Gasteiger partial charge on any atom is -0.103 e. The van der Waals surface area contributed by atoms with Crippen molar-refractivity contribution in [2.45, 2.75) is 39.5 Å². The first-order valence-corrected chi connectivity index (χ1v) is 7.88. The van der Waals surface area contributed by atoms with Gasteiger partial charge in [-0.2, -0.15) is 0 Å². The molecule has 0 unspecified atom stereocenters. The second-order valence-corrected chi connectivity index (χ2v) is 4.93. The maximum atomic E-state index is 4.03. The monoisotopic (exact) mass is 294 g/mol. The molecule has 118 valence electrons. The van der Waals surface area contributed by atoms with Crippen LogP contribution in [0.3, 0.4) is 0 Å². The zero-order valence-corrected chi connectivity index (χ0v) is 14.3. The van der Waals surface area contributed by atoms with Crippen LogP contribution in [-0.4, -0.2) is 0 Å². The zero-order chi connectivity index (χ0) is 16.8. The van der Waals surface area contributed by atoms with Crippen LogP contribution >= 0.6 is 0 Å². The third kappa shape index (κ3) is 6.58. The van der Waals surface area contributed by atoms with Gasteiger partial charge in [0.05, 0.1) is 0 Å². The molecular weight excluding hydrogens is 264 g/mol. The van der Waals surface area contributed by atoms with Gasteiger partial charge in [-0.1, -0.05) is 61.8 Å². The van der Waals surface area contributed by atoms with E-state index in [1.807, 2.05) is 31.2 Å². The molecular formula is C22H30. The molecule has 0 fully saturated rings. The Morgan fingerprint density at radius 2 is 1.55 bits per heavy atom. The fourth-order valence-electron chi connectivity index (χ4n) is 2.40. The van der Waals surface area contributed by atoms with Crippen LogP contribution in [0.4, 0.5) is 0 Å². The van der Waals surface area contributed by atoms with E-state index in [1.165, 1.54) is 22.3 Å². The summed E-state index contributed by atoms with van der Waals surface area (Å²) in [6.07, 6.45) is 20.0. The Morgan fingerprint density at radius 3 is 2.00 bits per heavy atom. The highest BCUT2D eigenvalue weighted by Gasteiger charge is 2.10. The van der Waals surface area contributed by atoms with E-state index in [0.717, 1.165) is 25.7 Å². The number of hydrogen-bond acceptors (Lipinski definition) is 0. The first-order chi connectivity index (χ1) is 10.7. The number of rotatable bonds is 11. The smallest absolute Gasteiger partial charge is 0.0158 e. The molecule has 0 saturated carbocycles. The van der Waals surface area contributed by atoms with Crippen molar-refractivity contribution in [2.24, 2.45) is 0 Å². The molecule has 0 N–H and O–H groups in total. The Bertz CT molecular complexity index is 504. The summed E-state index contributed by atoms with van der Waals surface area (Å²) in [5, 5.41) is 0. The number of allylic oxidation sites excluding steroid dienone is 12. The SMILES string of the molecule is C=C\C=C(CCC=C)/C(=C\C)C(/C=C)=C(/C=C\C)CCC=C. The lowest BCUT2D eigenvalue weighted by Crippen LogP contribution is -1.97. The van der Waals surface area contributed by atoms with Crippen molar-refractivity contribution < 1.29 is 0 Å². The van der Waals surface area contributed by atoms with Gasteiger partial charge in [0.1, 0.15) is 0 Å². The molecule has 0 radical (unpaired) electrons. The first kappa shape index (κ1) is 19.9. The Kier molecular flexibility index (Phi) is 11.4. The second-order valence-electron chi connectivity index (χ2n) is 4.93. The quantitative estimate of drug-likeness (QED) is 0.283. The standard InChI is InChI=1S/C22H30/c1-7-13-17-19(15-9-3)21(11-5)22(12-6)20(16-10-4)18-14-8-2/h7-12,15-16H,1-3,6,13-14,17-18H2,4-5H3/b16-10-,19-15-,21-11+,22-20-. The van der Waals surface area contributed by atoms with Crippen molar-refractivity contribution in [3.63, 3.8) is 0 Å². The maximum Gasteiger partial charge on any atom is -0.0158 e. The van der Waals surface area contributed by atoms with Crippen LogP contribution < -0.4 is 0 Å². The van der Waals surface area contributed by atoms with Crippen LogP contribution in [0, 0.1) is 0 Å². The minimum atomic E-state index is 0.951. The Morgan fingerprint density at radius 1 is 0.909 bits per heavy atom. The van der Waals surface area contributed by atoms with E-state index in [-0.39, 0.29) is 0 Å². The van der Waals surface area contributed by atoms with Crippen molar-refractivity contribution in [3.05, 3.63) is 97.2 Å². The topological polar surface area (TPSA) is 0 Å². The lowest BCUT2D eigenvalue weighted by Gasteiger charge is -2.16. The van der Waals surface area contributed by atoms with Crippen molar-refractivity contribution in [3.8, 4) is 0 Å². The molecule has 0 aliphatic heterocycles. The first-order valence-electron chi connectivity index (χ1n) is 7.88. The Hall–Kier alpha value is -2.08. The van der Waals surface area contributed by atoms with Gasteiger partial charge in [-0.15, -0.1) is 13.2 Å². The molecule has 0 aromatic heterocycles. The van der Waals surface area contributed by atoms with Gasteiger partial charge in [0.2, 0.25) is 0 Å². The Balaban J connectivity index is 5.91. The van der Waals surface area contributed by atoms with Crippen LogP contribution in [0.25, 0.3) is 0 Å². The van der Waals surface area contributed by atoms with E-state index in [2.05, 4.69) is 57.5 Å². The summed E-state index contributed by atoms with van der Waals surface area (Å²) >= 11 is 0. The molecule has 0 heteroatoms. The van der Waals surface area contributed by atoms with E-state index >= 15 is 0 Å². The summed E-state index contributed by atoms with van der Waals surface area (Å²) in [4.78, 5) is 0. The molecule has 0 amide bonds. The molecule has 0 aliphatic carbocycles. The minimum absolute atomic E-state index is 0.951. The van der Waals surface area contributed by atoms with Crippen molar-refractivity contribution in [2.75, 3.05) is 0 Å². The summed E-state index contributed by atoms with van der Waals surface area (Å²) in [7, 11) is 0. The molecule has 0 atom stereocenters. The van der Waals surface area contributed by atoms with E-state index in [1.54, 1.807) is 0 Å². The van der Waals surface area contributed by atoms with Gasteiger partial charge in [-0.05, 0) is 61.8 Å². The molecule has 0 rings (SSSR count). The summed E-state index contributed by atoms with van der Waals surface area (Å²) in [6.45, 7) is 19.6. The van der Waals surface area contributed by atoms with E-state index in [0.29, 0.717) is 0 Å². The van der Waals surface area contributed by atoms with E-state index in [4.69, 9.17) is 0 Å². The van der Waals surface area contributed by atoms with Crippen molar-refractivity contribution in [1.82, 2.24) is 0 Å². The van der Waals surface area contributed by atoms with Gasteiger partial charge < -0.3 is 0 Å². The highest BCUT2D eigenvalue weighted by molar-refractivity contribution is 5.56. The lowest BCUT2D eigenvalue weighted by molar-refractivity contribution is 0.972. The van der Waals surface area contributed by atoms with E-state index in [9.17, 15) is 0 Å². The maximum absolute atomic E-state index is 4.03. The lowest BCUT2D eigenvalue weighted by atomic mass is 9.89. The average molecular weight is 294 g/mol. The van der Waals surface area contributed by atoms with Crippen molar-refractivity contribution in [1.29, 1.82) is 0 Å². The van der Waals surface area contributed by atoms with Gasteiger partial charge >= 0.3 is 0 Å². The molecule has 0 aromatic carbocycles. The van der Waals surface area contributed by atoms with E-state index < -0.39 is 0 Å². The normalized spacial score (nSPS) is 13.7. The van der Waals surface area contributed by atoms with Gasteiger partial charge in [0.25, 0.3) is 0 Å². The van der Waals surface area contributed by atoms with Gasteiger partial charge in [0.15, 0.2) is 0 Å². The van der Waals surface area contributed by atoms with Gasteiger partial charge in [-0.3, -0.25) is 0 Å².